The van der Waals surface area contributed by atoms with Crippen molar-refractivity contribution in [3.63, 3.8) is 0 Å². The van der Waals surface area contributed by atoms with Crippen LogP contribution in [-0.2, 0) is 25.7 Å². The van der Waals surface area contributed by atoms with E-state index >= 15 is 0 Å². The van der Waals surface area contributed by atoms with Crippen LogP contribution >= 0.6 is 0 Å². The van der Waals surface area contributed by atoms with E-state index in [9.17, 15) is 28.0 Å². The van der Waals surface area contributed by atoms with Gasteiger partial charge in [-0.1, -0.05) is 12.1 Å². The van der Waals surface area contributed by atoms with Crippen molar-refractivity contribution in [3.8, 4) is 0 Å². The van der Waals surface area contributed by atoms with Crippen molar-refractivity contribution in [3.05, 3.63) is 35.6 Å². The number of benzene rings is 1. The zero-order valence-electron chi connectivity index (χ0n) is 19.4. The number of hydrogen-bond acceptors (Lipinski definition) is 5. The van der Waals surface area contributed by atoms with Gasteiger partial charge < -0.3 is 25.8 Å². The van der Waals surface area contributed by atoms with E-state index in [1.165, 1.54) is 21.9 Å². The molecule has 0 spiro atoms. The van der Waals surface area contributed by atoms with Crippen LogP contribution in [-0.4, -0.2) is 84.4 Å². The molecule has 1 aromatic rings. The fourth-order valence-corrected chi connectivity index (χ4v) is 4.39. The van der Waals surface area contributed by atoms with E-state index in [-0.39, 0.29) is 37.4 Å². The standard InChI is InChI=1S/C23H31F2N5O4/c1-14(26-2)21(32)28-18-13-29(20(31)11-24)10-9-17-7-8-19(30(17)23(18)34)22(33)27-12-15-3-5-16(25)6-4-15/h3-6,14,17-19,26H,7-13H2,1-2H3,(H,27,33)(H,28,32)/t14-,17+,18-,19-/m0/s1. The second kappa shape index (κ2) is 11.4. The van der Waals surface area contributed by atoms with E-state index in [0.29, 0.717) is 19.3 Å². The molecule has 1 aromatic carbocycles. The first kappa shape index (κ1) is 25.5. The Balaban J connectivity index is 1.77. The molecule has 0 aliphatic carbocycles. The Labute approximate surface area is 197 Å². The summed E-state index contributed by atoms with van der Waals surface area (Å²) in [6.45, 7) is 0.662. The molecule has 4 amide bonds. The van der Waals surface area contributed by atoms with Gasteiger partial charge >= 0.3 is 0 Å². The highest BCUT2D eigenvalue weighted by Gasteiger charge is 2.45. The van der Waals surface area contributed by atoms with E-state index in [0.717, 1.165) is 5.56 Å². The van der Waals surface area contributed by atoms with Crippen molar-refractivity contribution in [2.45, 2.75) is 56.9 Å². The molecule has 2 saturated heterocycles. The average Bonchev–Trinajstić information content (AvgIpc) is 3.26. The van der Waals surface area contributed by atoms with Crippen LogP contribution in [0.25, 0.3) is 0 Å². The Bertz CT molecular complexity index is 913. The third-order valence-electron chi connectivity index (χ3n) is 6.48. The minimum atomic E-state index is -1.19. The highest BCUT2D eigenvalue weighted by Crippen LogP contribution is 2.29. The van der Waals surface area contributed by atoms with Crippen molar-refractivity contribution in [2.24, 2.45) is 0 Å². The normalized spacial score (nSPS) is 23.5. The molecule has 0 saturated carbocycles. The number of hydrogen-bond donors (Lipinski definition) is 3. The van der Waals surface area contributed by atoms with Gasteiger partial charge in [0, 0.05) is 25.7 Å². The summed E-state index contributed by atoms with van der Waals surface area (Å²) in [7, 11) is 1.60. The molecule has 11 heteroatoms. The Hall–Kier alpha value is -3.08. The Morgan fingerprint density at radius 3 is 2.50 bits per heavy atom. The summed E-state index contributed by atoms with van der Waals surface area (Å²) in [5.41, 5.74) is 0.717. The molecule has 2 fully saturated rings. The summed E-state index contributed by atoms with van der Waals surface area (Å²) in [5.74, 6) is -2.37. The molecule has 0 aromatic heterocycles. The molecule has 9 nitrogen and oxygen atoms in total. The van der Waals surface area contributed by atoms with Gasteiger partial charge in [0.2, 0.25) is 17.7 Å². The lowest BCUT2D eigenvalue weighted by atomic mass is 10.1. The highest BCUT2D eigenvalue weighted by atomic mass is 19.1. The predicted molar refractivity (Wildman–Crippen MR) is 120 cm³/mol. The van der Waals surface area contributed by atoms with Crippen molar-refractivity contribution < 1.29 is 28.0 Å². The second-order valence-corrected chi connectivity index (χ2v) is 8.67. The van der Waals surface area contributed by atoms with Gasteiger partial charge in [0.15, 0.2) is 6.67 Å². The van der Waals surface area contributed by atoms with Crippen LogP contribution in [0.2, 0.25) is 0 Å². The maximum Gasteiger partial charge on any atom is 0.254 e. The van der Waals surface area contributed by atoms with Gasteiger partial charge in [-0.15, -0.1) is 0 Å². The average molecular weight is 480 g/mol. The van der Waals surface area contributed by atoms with Crippen molar-refractivity contribution >= 4 is 23.6 Å². The summed E-state index contributed by atoms with van der Waals surface area (Å²) >= 11 is 0. The van der Waals surface area contributed by atoms with Gasteiger partial charge in [-0.3, -0.25) is 19.2 Å². The number of amides is 4. The quantitative estimate of drug-likeness (QED) is 0.514. The number of likely N-dealkylation sites (N-methyl/N-ethyl adjacent to an activating group) is 1. The van der Waals surface area contributed by atoms with Gasteiger partial charge in [0.25, 0.3) is 5.91 Å². The van der Waals surface area contributed by atoms with Gasteiger partial charge in [-0.05, 0) is 50.9 Å². The lowest BCUT2D eigenvalue weighted by molar-refractivity contribution is -0.147. The van der Waals surface area contributed by atoms with E-state index in [1.807, 2.05) is 0 Å². The number of alkyl halides is 1. The lowest BCUT2D eigenvalue weighted by Crippen LogP contribution is -2.62. The van der Waals surface area contributed by atoms with Crippen LogP contribution in [0.15, 0.2) is 24.3 Å². The van der Waals surface area contributed by atoms with Crippen molar-refractivity contribution in [1.82, 2.24) is 25.8 Å². The lowest BCUT2D eigenvalue weighted by Gasteiger charge is -2.38. The Kier molecular flexibility index (Phi) is 8.54. The summed E-state index contributed by atoms with van der Waals surface area (Å²) in [5, 5.41) is 8.24. The molecule has 2 heterocycles. The van der Waals surface area contributed by atoms with Crippen molar-refractivity contribution in [2.75, 3.05) is 26.8 Å². The topological polar surface area (TPSA) is 111 Å². The summed E-state index contributed by atoms with van der Waals surface area (Å²) in [4.78, 5) is 53.9. The van der Waals surface area contributed by atoms with Crippen LogP contribution in [0.1, 0.15) is 31.7 Å². The van der Waals surface area contributed by atoms with Gasteiger partial charge in [0.05, 0.1) is 6.04 Å². The third-order valence-corrected chi connectivity index (χ3v) is 6.48. The number of carbonyl (C=O) groups is 4. The summed E-state index contributed by atoms with van der Waals surface area (Å²) < 4.78 is 26.2. The molecular weight excluding hydrogens is 448 g/mol. The van der Waals surface area contributed by atoms with E-state index in [1.54, 1.807) is 26.1 Å². The minimum absolute atomic E-state index is 0.170. The van der Waals surface area contributed by atoms with Crippen molar-refractivity contribution in [1.29, 1.82) is 0 Å². The zero-order valence-corrected chi connectivity index (χ0v) is 19.4. The van der Waals surface area contributed by atoms with Crippen LogP contribution in [0, 0.1) is 5.82 Å². The number of nitrogens with zero attached hydrogens (tertiary/aromatic N) is 2. The zero-order chi connectivity index (χ0) is 24.8. The third kappa shape index (κ3) is 5.88. The molecule has 3 N–H and O–H groups in total. The molecular formula is C23H31F2N5O4. The first-order valence-electron chi connectivity index (χ1n) is 11.4. The Morgan fingerprint density at radius 1 is 1.15 bits per heavy atom. The van der Waals surface area contributed by atoms with Crippen LogP contribution in [0.5, 0.6) is 0 Å². The van der Waals surface area contributed by atoms with Gasteiger partial charge in [-0.2, -0.15) is 0 Å². The number of halogens is 2. The molecule has 0 radical (unpaired) electrons. The van der Waals surface area contributed by atoms with Crippen LogP contribution < -0.4 is 16.0 Å². The maximum absolute atomic E-state index is 13.5. The fraction of sp³-hybridized carbons (Fsp3) is 0.565. The number of nitrogens with one attached hydrogen (secondary N) is 3. The van der Waals surface area contributed by atoms with Gasteiger partial charge in [-0.25, -0.2) is 8.78 Å². The molecule has 2 aliphatic heterocycles. The first-order chi connectivity index (χ1) is 16.2. The molecule has 3 rings (SSSR count). The number of rotatable bonds is 7. The molecule has 34 heavy (non-hydrogen) atoms. The minimum Gasteiger partial charge on any atom is -0.350 e. The number of fused-ring (bicyclic) bond motifs is 1. The first-order valence-corrected chi connectivity index (χ1v) is 11.4. The molecule has 0 bridgehead atoms. The van der Waals surface area contributed by atoms with E-state index in [2.05, 4.69) is 16.0 Å². The number of carbonyl (C=O) groups excluding carboxylic acids is 4. The highest BCUT2D eigenvalue weighted by molar-refractivity contribution is 5.94. The Morgan fingerprint density at radius 2 is 1.85 bits per heavy atom. The summed E-state index contributed by atoms with van der Waals surface area (Å²) in [6, 6.07) is 3.00. The largest absolute Gasteiger partial charge is 0.350 e. The van der Waals surface area contributed by atoms with Crippen LogP contribution in [0.3, 0.4) is 0 Å². The monoisotopic (exact) mass is 479 g/mol. The fourth-order valence-electron chi connectivity index (χ4n) is 4.39. The van der Waals surface area contributed by atoms with Crippen LogP contribution in [0.4, 0.5) is 8.78 Å². The van der Waals surface area contributed by atoms with E-state index < -0.39 is 42.5 Å². The molecule has 186 valence electrons. The maximum atomic E-state index is 13.5. The van der Waals surface area contributed by atoms with E-state index in [4.69, 9.17) is 0 Å². The predicted octanol–water partition coefficient (Wildman–Crippen LogP) is 0.0960. The second-order valence-electron chi connectivity index (χ2n) is 8.67. The smallest absolute Gasteiger partial charge is 0.254 e. The SMILES string of the molecule is CN[C@@H](C)C(=O)N[C@H]1CN(C(=O)CF)CC[C@H]2CC[C@@H](C(=O)NCc3ccc(F)cc3)N2C1=O. The molecule has 0 unspecified atom stereocenters. The van der Waals surface area contributed by atoms with Gasteiger partial charge in [0.1, 0.15) is 17.9 Å². The molecule has 2 aliphatic rings. The summed E-state index contributed by atoms with van der Waals surface area (Å²) in [6.07, 6.45) is 1.38. The molecule has 4 atom stereocenters.